The smallest absolute Gasteiger partial charge is 0.339 e. The molecule has 0 aliphatic carbocycles. The van der Waals surface area contributed by atoms with Crippen LogP contribution in [0.15, 0.2) is 30.6 Å². The number of aromatic nitrogens is 2. The van der Waals surface area contributed by atoms with Crippen LogP contribution in [0.5, 0.6) is 0 Å². The van der Waals surface area contributed by atoms with Crippen molar-refractivity contribution in [3.05, 3.63) is 41.7 Å². The minimum absolute atomic E-state index is 0.333. The molecule has 4 nitrogen and oxygen atoms in total. The molecule has 4 heteroatoms. The predicted molar refractivity (Wildman–Crippen MR) is 64.7 cm³/mol. The zero-order valence-corrected chi connectivity index (χ0v) is 10.1. The first-order valence-corrected chi connectivity index (χ1v) is 5.30. The lowest BCUT2D eigenvalue weighted by molar-refractivity contribution is 0.0601. The fraction of sp³-hybridized carbons (Fsp3) is 0.231. The molecule has 17 heavy (non-hydrogen) atoms. The fourth-order valence-corrected chi connectivity index (χ4v) is 1.78. The van der Waals surface area contributed by atoms with E-state index >= 15 is 0 Å². The van der Waals surface area contributed by atoms with Crippen molar-refractivity contribution in [3.63, 3.8) is 0 Å². The molecule has 0 aliphatic heterocycles. The molecule has 88 valence electrons. The van der Waals surface area contributed by atoms with E-state index in [2.05, 4.69) is 4.98 Å². The summed E-state index contributed by atoms with van der Waals surface area (Å²) >= 11 is 0. The van der Waals surface area contributed by atoms with Crippen molar-refractivity contribution in [2.75, 3.05) is 7.11 Å². The molecule has 0 saturated heterocycles. The van der Waals surface area contributed by atoms with Crippen molar-refractivity contribution in [2.24, 2.45) is 7.05 Å². The largest absolute Gasteiger partial charge is 0.465 e. The number of ether oxygens (including phenoxy) is 1. The monoisotopic (exact) mass is 230 g/mol. The number of methoxy groups -OCH3 is 1. The second-order valence-electron chi connectivity index (χ2n) is 3.89. The van der Waals surface area contributed by atoms with Gasteiger partial charge in [-0.3, -0.25) is 4.98 Å². The minimum Gasteiger partial charge on any atom is -0.465 e. The molecule has 0 bridgehead atoms. The number of hydrogen-bond donors (Lipinski definition) is 0. The molecule has 0 atom stereocenters. The number of hydrogen-bond acceptors (Lipinski definition) is 3. The van der Waals surface area contributed by atoms with Crippen molar-refractivity contribution < 1.29 is 9.53 Å². The quantitative estimate of drug-likeness (QED) is 0.743. The van der Waals surface area contributed by atoms with Gasteiger partial charge in [0.1, 0.15) is 0 Å². The third-order valence-electron chi connectivity index (χ3n) is 2.68. The van der Waals surface area contributed by atoms with E-state index in [0.29, 0.717) is 5.56 Å². The Balaban J connectivity index is 2.50. The fourth-order valence-electron chi connectivity index (χ4n) is 1.78. The van der Waals surface area contributed by atoms with Crippen molar-refractivity contribution in [1.29, 1.82) is 0 Å². The molecular weight excluding hydrogens is 216 g/mol. The average Bonchev–Trinajstić information content (AvgIpc) is 2.71. The Morgan fingerprint density at radius 3 is 2.88 bits per heavy atom. The van der Waals surface area contributed by atoms with Gasteiger partial charge in [0.2, 0.25) is 0 Å². The zero-order chi connectivity index (χ0) is 12.4. The molecule has 0 amide bonds. The lowest BCUT2D eigenvalue weighted by Crippen LogP contribution is -1.98. The SMILES string of the molecule is COC(=O)c1cc(-c2ncccc2C)n(C)c1. The van der Waals surface area contributed by atoms with Gasteiger partial charge in [-0.1, -0.05) is 6.07 Å². The number of aryl methyl sites for hydroxylation is 2. The summed E-state index contributed by atoms with van der Waals surface area (Å²) in [6, 6.07) is 5.68. The van der Waals surface area contributed by atoms with Crippen LogP contribution in [-0.4, -0.2) is 22.6 Å². The average molecular weight is 230 g/mol. The molecule has 0 radical (unpaired) electrons. The van der Waals surface area contributed by atoms with E-state index in [9.17, 15) is 4.79 Å². The van der Waals surface area contributed by atoms with E-state index in [4.69, 9.17) is 4.74 Å². The van der Waals surface area contributed by atoms with E-state index in [0.717, 1.165) is 17.0 Å². The van der Waals surface area contributed by atoms with Gasteiger partial charge in [-0.15, -0.1) is 0 Å². The van der Waals surface area contributed by atoms with E-state index < -0.39 is 0 Å². The van der Waals surface area contributed by atoms with Crippen molar-refractivity contribution in [3.8, 4) is 11.4 Å². The highest BCUT2D eigenvalue weighted by Crippen LogP contribution is 2.22. The maximum atomic E-state index is 11.4. The molecule has 0 N–H and O–H groups in total. The summed E-state index contributed by atoms with van der Waals surface area (Å²) in [6.45, 7) is 1.99. The van der Waals surface area contributed by atoms with Gasteiger partial charge in [-0.05, 0) is 24.6 Å². The minimum atomic E-state index is -0.333. The van der Waals surface area contributed by atoms with Crippen LogP contribution in [0.3, 0.4) is 0 Å². The molecule has 0 saturated carbocycles. The van der Waals surface area contributed by atoms with E-state index in [1.165, 1.54) is 7.11 Å². The number of carbonyl (C=O) groups excluding carboxylic acids is 1. The van der Waals surface area contributed by atoms with Gasteiger partial charge in [-0.2, -0.15) is 0 Å². The predicted octanol–water partition coefficient (Wildman–Crippen LogP) is 2.18. The highest BCUT2D eigenvalue weighted by molar-refractivity contribution is 5.90. The highest BCUT2D eigenvalue weighted by atomic mass is 16.5. The number of rotatable bonds is 2. The Hall–Kier alpha value is -2.10. The normalized spacial score (nSPS) is 10.3. The van der Waals surface area contributed by atoms with Crippen LogP contribution in [0, 0.1) is 6.92 Å². The Morgan fingerprint density at radius 1 is 1.47 bits per heavy atom. The van der Waals surface area contributed by atoms with Crippen LogP contribution in [0.2, 0.25) is 0 Å². The molecule has 2 heterocycles. The van der Waals surface area contributed by atoms with Crippen LogP contribution >= 0.6 is 0 Å². The van der Waals surface area contributed by atoms with Crippen molar-refractivity contribution >= 4 is 5.97 Å². The van der Waals surface area contributed by atoms with E-state index in [1.54, 1.807) is 18.5 Å². The van der Waals surface area contributed by atoms with Gasteiger partial charge >= 0.3 is 5.97 Å². The summed E-state index contributed by atoms with van der Waals surface area (Å²) in [5, 5.41) is 0. The number of esters is 1. The number of pyridine rings is 1. The maximum Gasteiger partial charge on any atom is 0.339 e. The van der Waals surface area contributed by atoms with Crippen LogP contribution in [0.1, 0.15) is 15.9 Å². The Kier molecular flexibility index (Phi) is 2.95. The molecule has 0 aromatic carbocycles. The van der Waals surface area contributed by atoms with Gasteiger partial charge in [0.25, 0.3) is 0 Å². The number of carbonyl (C=O) groups is 1. The van der Waals surface area contributed by atoms with Crippen LogP contribution < -0.4 is 0 Å². The molecule has 0 spiro atoms. The summed E-state index contributed by atoms with van der Waals surface area (Å²) in [7, 11) is 3.26. The molecule has 2 aromatic heterocycles. The van der Waals surface area contributed by atoms with Gasteiger partial charge in [0.15, 0.2) is 0 Å². The number of nitrogens with zero attached hydrogens (tertiary/aromatic N) is 2. The highest BCUT2D eigenvalue weighted by Gasteiger charge is 2.13. The van der Waals surface area contributed by atoms with Crippen molar-refractivity contribution in [2.45, 2.75) is 6.92 Å². The Morgan fingerprint density at radius 2 is 2.24 bits per heavy atom. The zero-order valence-electron chi connectivity index (χ0n) is 10.1. The van der Waals surface area contributed by atoms with Crippen LogP contribution in [0.4, 0.5) is 0 Å². The first kappa shape index (κ1) is 11.4. The summed E-state index contributed by atoms with van der Waals surface area (Å²) in [5.41, 5.74) is 3.40. The third kappa shape index (κ3) is 2.06. The standard InChI is InChI=1S/C13H14N2O2/c1-9-5-4-6-14-12(9)11-7-10(8-15(11)2)13(16)17-3/h4-8H,1-3H3. The van der Waals surface area contributed by atoms with Gasteiger partial charge < -0.3 is 9.30 Å². The van der Waals surface area contributed by atoms with Gasteiger partial charge in [0, 0.05) is 19.4 Å². The lowest BCUT2D eigenvalue weighted by Gasteiger charge is -2.04. The second-order valence-corrected chi connectivity index (χ2v) is 3.89. The summed E-state index contributed by atoms with van der Waals surface area (Å²) in [6.07, 6.45) is 3.49. The molecular formula is C13H14N2O2. The Labute approximate surface area is 99.9 Å². The molecule has 0 unspecified atom stereocenters. The first-order valence-electron chi connectivity index (χ1n) is 5.30. The summed E-state index contributed by atoms with van der Waals surface area (Å²) in [5.74, 6) is -0.333. The van der Waals surface area contributed by atoms with E-state index in [-0.39, 0.29) is 5.97 Å². The van der Waals surface area contributed by atoms with E-state index in [1.807, 2.05) is 30.7 Å². The molecule has 2 aromatic rings. The van der Waals surface area contributed by atoms with Gasteiger partial charge in [-0.25, -0.2) is 4.79 Å². The maximum absolute atomic E-state index is 11.4. The van der Waals surface area contributed by atoms with Crippen LogP contribution in [-0.2, 0) is 11.8 Å². The Bertz CT molecular complexity index is 558. The van der Waals surface area contributed by atoms with Gasteiger partial charge in [0.05, 0.1) is 24.1 Å². The van der Waals surface area contributed by atoms with Crippen LogP contribution in [0.25, 0.3) is 11.4 Å². The van der Waals surface area contributed by atoms with Crippen molar-refractivity contribution in [1.82, 2.24) is 9.55 Å². The topological polar surface area (TPSA) is 44.1 Å². The lowest BCUT2D eigenvalue weighted by atomic mass is 10.1. The molecule has 0 aliphatic rings. The second kappa shape index (κ2) is 4.41. The summed E-state index contributed by atoms with van der Waals surface area (Å²) < 4.78 is 6.57. The third-order valence-corrected chi connectivity index (χ3v) is 2.68. The first-order chi connectivity index (χ1) is 8.13. The summed E-state index contributed by atoms with van der Waals surface area (Å²) in [4.78, 5) is 15.8. The molecule has 2 rings (SSSR count). The molecule has 0 fully saturated rings.